The molecular weight excluding hydrogens is 354 g/mol. The minimum atomic E-state index is -3.31. The van der Waals surface area contributed by atoms with Gasteiger partial charge in [-0.15, -0.1) is 0 Å². The molecule has 0 spiro atoms. The van der Waals surface area contributed by atoms with Crippen LogP contribution in [-0.4, -0.2) is 52.2 Å². The highest BCUT2D eigenvalue weighted by atomic mass is 32.2. The van der Waals surface area contributed by atoms with E-state index in [9.17, 15) is 8.42 Å². The molecule has 0 bridgehead atoms. The van der Waals surface area contributed by atoms with Crippen LogP contribution in [0.3, 0.4) is 0 Å². The smallest absolute Gasteiger partial charge is 0.232 e. The number of sulfonamides is 1. The second kappa shape index (κ2) is 6.58. The molecule has 1 aliphatic heterocycles. The van der Waals surface area contributed by atoms with Crippen molar-refractivity contribution in [3.8, 4) is 11.4 Å². The number of nitrogens with zero attached hydrogens (tertiary/aromatic N) is 5. The molecule has 3 aromatic heterocycles. The van der Waals surface area contributed by atoms with E-state index in [0.29, 0.717) is 24.8 Å². The summed E-state index contributed by atoms with van der Waals surface area (Å²) in [7, 11) is -3.31. The Kier molecular flexibility index (Phi) is 4.25. The number of pyridine rings is 2. The van der Waals surface area contributed by atoms with Crippen molar-refractivity contribution in [3.63, 3.8) is 0 Å². The molecular formula is C17H17N5O3S. The van der Waals surface area contributed by atoms with Gasteiger partial charge in [0.05, 0.1) is 12.2 Å². The zero-order chi connectivity index (χ0) is 18.1. The Morgan fingerprint density at radius 2 is 1.85 bits per heavy atom. The maximum Gasteiger partial charge on any atom is 0.232 e. The molecule has 0 amide bonds. The second-order valence-corrected chi connectivity index (χ2v) is 8.25. The summed E-state index contributed by atoms with van der Waals surface area (Å²) < 4.78 is 31.0. The first kappa shape index (κ1) is 16.8. The van der Waals surface area contributed by atoms with Gasteiger partial charge in [-0.3, -0.25) is 9.97 Å². The topological polar surface area (TPSA) is 102 Å². The normalized spacial score (nSPS) is 21.1. The summed E-state index contributed by atoms with van der Waals surface area (Å²) in [5.74, 6) is 0.572. The molecule has 1 saturated heterocycles. The molecule has 0 aliphatic carbocycles. The molecule has 9 heteroatoms. The highest BCUT2D eigenvalue weighted by Gasteiger charge is 2.41. The van der Waals surface area contributed by atoms with Gasteiger partial charge in [0.2, 0.25) is 21.7 Å². The monoisotopic (exact) mass is 371 g/mol. The summed E-state index contributed by atoms with van der Waals surface area (Å²) in [6.45, 7) is 0.665. The second-order valence-electron chi connectivity index (χ2n) is 6.27. The zero-order valence-corrected chi connectivity index (χ0v) is 14.9. The molecule has 1 aliphatic rings. The lowest BCUT2D eigenvalue weighted by atomic mass is 9.90. The van der Waals surface area contributed by atoms with Gasteiger partial charge < -0.3 is 4.52 Å². The lowest BCUT2D eigenvalue weighted by molar-refractivity contribution is 0.348. The summed E-state index contributed by atoms with van der Waals surface area (Å²) in [5, 5.41) is 4.05. The van der Waals surface area contributed by atoms with Crippen LogP contribution in [0.25, 0.3) is 11.4 Å². The zero-order valence-electron chi connectivity index (χ0n) is 14.1. The van der Waals surface area contributed by atoms with E-state index in [0.717, 1.165) is 11.1 Å². The summed E-state index contributed by atoms with van der Waals surface area (Å²) in [5.41, 5.74) is 1.75. The predicted octanol–water partition coefficient (Wildman–Crippen LogP) is 1.67. The quantitative estimate of drug-likeness (QED) is 0.687. The first-order valence-electron chi connectivity index (χ1n) is 8.11. The van der Waals surface area contributed by atoms with Crippen molar-refractivity contribution in [2.45, 2.75) is 11.8 Å². The Balaban J connectivity index is 1.70. The van der Waals surface area contributed by atoms with Crippen LogP contribution in [-0.2, 0) is 10.0 Å². The van der Waals surface area contributed by atoms with Gasteiger partial charge in [-0.1, -0.05) is 11.2 Å². The van der Waals surface area contributed by atoms with Crippen molar-refractivity contribution in [1.29, 1.82) is 0 Å². The third-order valence-electron chi connectivity index (χ3n) is 4.57. The first-order valence-corrected chi connectivity index (χ1v) is 9.96. The molecule has 26 heavy (non-hydrogen) atoms. The fourth-order valence-corrected chi connectivity index (χ4v) is 4.09. The molecule has 0 saturated carbocycles. The Morgan fingerprint density at radius 1 is 1.08 bits per heavy atom. The van der Waals surface area contributed by atoms with Crippen LogP contribution < -0.4 is 0 Å². The highest BCUT2D eigenvalue weighted by molar-refractivity contribution is 7.88. The molecule has 0 aromatic carbocycles. The van der Waals surface area contributed by atoms with Gasteiger partial charge in [-0.2, -0.15) is 4.98 Å². The number of hydrogen-bond acceptors (Lipinski definition) is 7. The van der Waals surface area contributed by atoms with Crippen LogP contribution in [0.15, 0.2) is 53.6 Å². The molecule has 2 atom stereocenters. The maximum atomic E-state index is 12.1. The van der Waals surface area contributed by atoms with Crippen molar-refractivity contribution in [3.05, 3.63) is 60.5 Å². The van der Waals surface area contributed by atoms with Crippen LogP contribution in [0, 0.1) is 0 Å². The molecule has 3 aromatic rings. The molecule has 8 nitrogen and oxygen atoms in total. The van der Waals surface area contributed by atoms with Crippen LogP contribution in [0.1, 0.15) is 23.3 Å². The largest absolute Gasteiger partial charge is 0.339 e. The Hall–Kier alpha value is -2.65. The third-order valence-corrected chi connectivity index (χ3v) is 5.80. The van der Waals surface area contributed by atoms with Gasteiger partial charge in [-0.25, -0.2) is 12.7 Å². The molecule has 0 radical (unpaired) electrons. The maximum absolute atomic E-state index is 12.1. The van der Waals surface area contributed by atoms with Gasteiger partial charge in [0.25, 0.3) is 0 Å². The van der Waals surface area contributed by atoms with Crippen molar-refractivity contribution in [1.82, 2.24) is 24.4 Å². The van der Waals surface area contributed by atoms with Crippen LogP contribution in [0.4, 0.5) is 0 Å². The predicted molar refractivity (Wildman–Crippen MR) is 93.7 cm³/mol. The molecule has 0 N–H and O–H groups in total. The number of rotatable bonds is 4. The van der Waals surface area contributed by atoms with E-state index in [1.54, 1.807) is 36.9 Å². The lowest BCUT2D eigenvalue weighted by Gasteiger charge is -2.14. The summed E-state index contributed by atoms with van der Waals surface area (Å²) >= 11 is 0. The number of aromatic nitrogens is 4. The Labute approximate surface area is 151 Å². The van der Waals surface area contributed by atoms with E-state index < -0.39 is 10.0 Å². The standard InChI is InChI=1S/C17H17N5O3S/c1-26(23,24)22-10-14(13-3-2-6-19-9-13)15(11-22)17-20-16(21-25-17)12-4-7-18-8-5-12/h2-9,14-15H,10-11H2,1H3/t14-,15+/m0/s1. The lowest BCUT2D eigenvalue weighted by Crippen LogP contribution is -2.27. The van der Waals surface area contributed by atoms with Gasteiger partial charge in [0.1, 0.15) is 0 Å². The SMILES string of the molecule is CS(=O)(=O)N1C[C@@H](c2cccnc2)[C@H](c2nc(-c3ccncc3)no2)C1. The van der Waals surface area contributed by atoms with Crippen LogP contribution in [0.5, 0.6) is 0 Å². The van der Waals surface area contributed by atoms with Gasteiger partial charge >= 0.3 is 0 Å². The fraction of sp³-hybridized carbons (Fsp3) is 0.294. The average molecular weight is 371 g/mol. The van der Waals surface area contributed by atoms with Crippen LogP contribution >= 0.6 is 0 Å². The van der Waals surface area contributed by atoms with Crippen molar-refractivity contribution < 1.29 is 12.9 Å². The van der Waals surface area contributed by atoms with E-state index in [1.807, 2.05) is 12.1 Å². The average Bonchev–Trinajstić information content (AvgIpc) is 3.30. The molecule has 1 fully saturated rings. The minimum Gasteiger partial charge on any atom is -0.339 e. The highest BCUT2D eigenvalue weighted by Crippen LogP contribution is 2.40. The fourth-order valence-electron chi connectivity index (χ4n) is 3.23. The minimum absolute atomic E-state index is 0.0934. The molecule has 4 rings (SSSR count). The first-order chi connectivity index (χ1) is 12.5. The van der Waals surface area contributed by atoms with E-state index >= 15 is 0 Å². The third kappa shape index (κ3) is 3.23. The molecule has 134 valence electrons. The summed E-state index contributed by atoms with van der Waals surface area (Å²) in [4.78, 5) is 12.6. The van der Waals surface area contributed by atoms with Crippen molar-refractivity contribution in [2.75, 3.05) is 19.3 Å². The molecule has 0 unspecified atom stereocenters. The van der Waals surface area contributed by atoms with Gasteiger partial charge in [0, 0.05) is 49.4 Å². The van der Waals surface area contributed by atoms with Gasteiger partial charge in [-0.05, 0) is 23.8 Å². The molecule has 4 heterocycles. The Bertz CT molecular complexity index is 992. The van der Waals surface area contributed by atoms with Gasteiger partial charge in [0.15, 0.2) is 0 Å². The van der Waals surface area contributed by atoms with Crippen molar-refractivity contribution >= 4 is 10.0 Å². The number of hydrogen-bond donors (Lipinski definition) is 0. The van der Waals surface area contributed by atoms with E-state index in [1.165, 1.54) is 10.6 Å². The summed E-state index contributed by atoms with van der Waals surface area (Å²) in [6.07, 6.45) is 7.97. The van der Waals surface area contributed by atoms with Crippen LogP contribution in [0.2, 0.25) is 0 Å². The van der Waals surface area contributed by atoms with E-state index in [-0.39, 0.29) is 11.8 Å². The van der Waals surface area contributed by atoms with Crippen molar-refractivity contribution in [2.24, 2.45) is 0 Å². The van der Waals surface area contributed by atoms with E-state index in [4.69, 9.17) is 4.52 Å². The summed E-state index contributed by atoms with van der Waals surface area (Å²) in [6, 6.07) is 7.37. The Morgan fingerprint density at radius 3 is 2.54 bits per heavy atom. The van der Waals surface area contributed by atoms with E-state index in [2.05, 4.69) is 20.1 Å².